The Balaban J connectivity index is 0.928. The number of fused-ring (bicyclic) bond motifs is 10. The zero-order valence-electron chi connectivity index (χ0n) is 71.8. The van der Waals surface area contributed by atoms with Gasteiger partial charge in [0.1, 0.15) is 0 Å². The van der Waals surface area contributed by atoms with Gasteiger partial charge < -0.3 is 9.80 Å². The van der Waals surface area contributed by atoms with E-state index in [0.717, 1.165) is 145 Å². The summed E-state index contributed by atoms with van der Waals surface area (Å²) >= 11 is 3.77. The second kappa shape index (κ2) is 31.2. The van der Waals surface area contributed by atoms with E-state index in [0.29, 0.717) is 0 Å². The fourth-order valence-electron chi connectivity index (χ4n) is 20.0. The van der Waals surface area contributed by atoms with Crippen molar-refractivity contribution < 1.29 is 0 Å². The third-order valence-electron chi connectivity index (χ3n) is 26.3. The molecule has 23 rings (SSSR count). The Morgan fingerprint density at radius 3 is 0.921 bits per heavy atom. The molecule has 2 aromatic heterocycles. The third kappa shape index (κ3) is 13.7. The van der Waals surface area contributed by atoms with E-state index in [9.17, 15) is 0 Å². The van der Waals surface area contributed by atoms with Gasteiger partial charge >= 0.3 is 0 Å². The molecule has 5 heteroatoms. The Kier molecular flexibility index (Phi) is 18.9. The highest BCUT2D eigenvalue weighted by Crippen LogP contribution is 2.58. The standard InChI is InChI=1S/C122H89BN2S2/c1-121(2,3)96-74-102(83-45-24-12-25-46-83)119(103(75-96)84-47-26-13-27-48-84)125-109-71-88(93-66-89(79-37-16-8-17-38-79)64-90(67-93)80-39-18-9-19-40-80)59-61-106(109)123-107-70-87(86-50-32-49-85(63-86)78-35-14-7-15-36-78)60-62-108(107)124(110-72-95(73-111(125)118(110)123)94-68-91(81-41-20-10-21-42-81)65-92(69-94)82-43-22-11-23-44-82)120-104(98-53-33-57-114-116(98)100-51-28-30-55-112(100)126-114)76-97(122(4,5)6)77-105(120)99-54-34-58-115-117(99)101-52-29-31-56-113(101)127-115/h7-77H,1-6H3. The Morgan fingerprint density at radius 2 is 0.488 bits per heavy atom. The average Bonchev–Trinajstić information content (AvgIpc) is 1.09. The van der Waals surface area contributed by atoms with Gasteiger partial charge in [-0.1, -0.05) is 357 Å². The molecule has 0 N–H and O–H groups in total. The fraction of sp³-hybridized carbons (Fsp3) is 0.0656. The molecule has 0 saturated carbocycles. The molecule has 0 unspecified atom stereocenters. The van der Waals surface area contributed by atoms with Gasteiger partial charge in [-0.25, -0.2) is 0 Å². The normalized spacial score (nSPS) is 12.4. The van der Waals surface area contributed by atoms with Crippen LogP contribution in [0.25, 0.3) is 174 Å². The number of nitrogens with zero attached hydrogens (tertiary/aromatic N) is 2. The van der Waals surface area contributed by atoms with Crippen LogP contribution in [0.4, 0.5) is 34.1 Å². The number of thiophene rings is 2. The van der Waals surface area contributed by atoms with Gasteiger partial charge in [0, 0.05) is 85.3 Å². The molecule has 19 aromatic carbocycles. The minimum atomic E-state index is -0.364. The number of hydrogen-bond acceptors (Lipinski definition) is 4. The first-order chi connectivity index (χ1) is 62.2. The van der Waals surface area contributed by atoms with Crippen LogP contribution in [0.2, 0.25) is 0 Å². The summed E-state index contributed by atoms with van der Waals surface area (Å²) in [5.41, 5.74) is 39.6. The molecule has 0 amide bonds. The number of rotatable bonds is 14. The van der Waals surface area contributed by atoms with Crippen LogP contribution < -0.4 is 26.2 Å². The van der Waals surface area contributed by atoms with E-state index in [1.54, 1.807) is 0 Å². The SMILES string of the molecule is CC(C)(C)c1cc(-c2ccccc2)c(N2c3cc(-c4cc(-c5ccccc5)cc(-c5ccccc5)c4)ccc3B3c4cc(-c5cccc(-c6ccccc6)c5)ccc4N(c4c(-c5cccc6sc7ccccc7c56)cc(C(C)(C)C)cc4-c4cccc5sc6ccccc6c45)c4cc(-c5cc(-c6ccccc6)cc(-c6ccccc6)c5)cc2c43)c(-c2ccccc2)c1. The Labute approximate surface area is 752 Å². The van der Waals surface area contributed by atoms with Gasteiger partial charge in [-0.15, -0.1) is 22.7 Å². The summed E-state index contributed by atoms with van der Waals surface area (Å²) in [6.45, 7) is 14.0. The number of hydrogen-bond donors (Lipinski definition) is 0. The number of anilines is 6. The molecule has 602 valence electrons. The van der Waals surface area contributed by atoms with E-state index in [1.165, 1.54) is 90.1 Å². The second-order valence-corrected chi connectivity index (χ2v) is 38.4. The van der Waals surface area contributed by atoms with Crippen molar-refractivity contribution in [3.05, 3.63) is 442 Å². The van der Waals surface area contributed by atoms with Crippen LogP contribution in [0.1, 0.15) is 52.7 Å². The summed E-state index contributed by atoms with van der Waals surface area (Å²) in [4.78, 5) is 5.57. The highest BCUT2D eigenvalue weighted by molar-refractivity contribution is 7.26. The van der Waals surface area contributed by atoms with E-state index < -0.39 is 0 Å². The maximum absolute atomic E-state index is 2.80. The lowest BCUT2D eigenvalue weighted by Gasteiger charge is -2.46. The molecule has 2 nitrogen and oxygen atoms in total. The van der Waals surface area contributed by atoms with Crippen LogP contribution in [-0.4, -0.2) is 6.71 Å². The van der Waals surface area contributed by atoms with Gasteiger partial charge in [0.2, 0.25) is 0 Å². The molecule has 0 aliphatic carbocycles. The van der Waals surface area contributed by atoms with Crippen LogP contribution in [0.5, 0.6) is 0 Å². The van der Waals surface area contributed by atoms with Crippen molar-refractivity contribution in [3.8, 4) is 134 Å². The van der Waals surface area contributed by atoms with Gasteiger partial charge in [0.25, 0.3) is 6.71 Å². The maximum atomic E-state index is 2.80. The van der Waals surface area contributed by atoms with E-state index in [-0.39, 0.29) is 17.5 Å². The summed E-state index contributed by atoms with van der Waals surface area (Å²) < 4.78 is 5.03. The summed E-state index contributed by atoms with van der Waals surface area (Å²) in [7, 11) is 0. The van der Waals surface area contributed by atoms with Crippen molar-refractivity contribution in [1.29, 1.82) is 0 Å². The first kappa shape index (κ1) is 77.1. The van der Waals surface area contributed by atoms with Gasteiger partial charge in [-0.2, -0.15) is 0 Å². The first-order valence-corrected chi connectivity index (χ1v) is 45.9. The number of benzene rings is 19. The third-order valence-corrected chi connectivity index (χ3v) is 28.6. The van der Waals surface area contributed by atoms with E-state index in [1.807, 2.05) is 22.7 Å². The molecule has 0 fully saturated rings. The van der Waals surface area contributed by atoms with Crippen molar-refractivity contribution in [2.24, 2.45) is 0 Å². The van der Waals surface area contributed by atoms with E-state index >= 15 is 0 Å². The molecule has 0 radical (unpaired) electrons. The highest BCUT2D eigenvalue weighted by atomic mass is 32.1. The zero-order chi connectivity index (χ0) is 85.2. The summed E-state index contributed by atoms with van der Waals surface area (Å²) in [5, 5.41) is 5.02. The van der Waals surface area contributed by atoms with E-state index in [4.69, 9.17) is 0 Å². The molecule has 2 aliphatic rings. The van der Waals surface area contributed by atoms with Gasteiger partial charge in [-0.05, 0) is 265 Å². The van der Waals surface area contributed by atoms with E-state index in [2.05, 4.69) is 482 Å². The lowest BCUT2D eigenvalue weighted by molar-refractivity contribution is 0.590. The van der Waals surface area contributed by atoms with Gasteiger partial charge in [-0.3, -0.25) is 0 Å². The summed E-state index contributed by atoms with van der Waals surface area (Å²) in [5.74, 6) is 0. The second-order valence-electron chi connectivity index (χ2n) is 36.2. The summed E-state index contributed by atoms with van der Waals surface area (Å²) in [6, 6.07) is 164. The Hall–Kier alpha value is -14.7. The van der Waals surface area contributed by atoms with Crippen molar-refractivity contribution in [1.82, 2.24) is 0 Å². The smallest absolute Gasteiger partial charge is 0.252 e. The van der Waals surface area contributed by atoms with Crippen molar-refractivity contribution >= 4 is 120 Å². The molecule has 21 aromatic rings. The van der Waals surface area contributed by atoms with Crippen molar-refractivity contribution in [2.45, 2.75) is 52.4 Å². The zero-order valence-corrected chi connectivity index (χ0v) is 73.4. The fourth-order valence-corrected chi connectivity index (χ4v) is 22.3. The van der Waals surface area contributed by atoms with Crippen LogP contribution in [0.15, 0.2) is 431 Å². The topological polar surface area (TPSA) is 6.48 Å². The minimum absolute atomic E-state index is 0.261. The Bertz CT molecular complexity index is 7570. The quantitative estimate of drug-likeness (QED) is 0.100. The van der Waals surface area contributed by atoms with Gasteiger partial charge in [0.05, 0.1) is 11.4 Å². The molecule has 0 atom stereocenters. The largest absolute Gasteiger partial charge is 0.310 e. The monoisotopic (exact) mass is 1660 g/mol. The minimum Gasteiger partial charge on any atom is -0.310 e. The van der Waals surface area contributed by atoms with Crippen LogP contribution in [-0.2, 0) is 10.8 Å². The molecule has 4 heterocycles. The molecule has 127 heavy (non-hydrogen) atoms. The average molecular weight is 1660 g/mol. The summed E-state index contributed by atoms with van der Waals surface area (Å²) in [6.07, 6.45) is 0. The van der Waals surface area contributed by atoms with Crippen LogP contribution in [0, 0.1) is 0 Å². The molecular formula is C122H89BN2S2. The first-order valence-electron chi connectivity index (χ1n) is 44.3. The van der Waals surface area contributed by atoms with Crippen LogP contribution in [0.3, 0.4) is 0 Å². The Morgan fingerprint density at radius 1 is 0.197 bits per heavy atom. The predicted octanol–water partition coefficient (Wildman–Crippen LogP) is 33.1. The van der Waals surface area contributed by atoms with Crippen molar-refractivity contribution in [3.63, 3.8) is 0 Å². The van der Waals surface area contributed by atoms with Crippen LogP contribution >= 0.6 is 22.7 Å². The molecule has 0 spiro atoms. The molecular weight excluding hydrogens is 1570 g/mol. The molecule has 0 saturated heterocycles. The van der Waals surface area contributed by atoms with Crippen molar-refractivity contribution in [2.75, 3.05) is 9.80 Å². The lowest BCUT2D eigenvalue weighted by atomic mass is 9.33. The molecule has 0 bridgehead atoms. The predicted molar refractivity (Wildman–Crippen MR) is 549 cm³/mol. The molecule has 2 aliphatic heterocycles. The highest BCUT2D eigenvalue weighted by Gasteiger charge is 2.47. The van der Waals surface area contributed by atoms with Gasteiger partial charge in [0.15, 0.2) is 0 Å². The maximum Gasteiger partial charge on any atom is 0.252 e. The lowest BCUT2D eigenvalue weighted by Crippen LogP contribution is -2.61.